The number of nitrogens with zero attached hydrogens (tertiary/aromatic N) is 1. The summed E-state index contributed by atoms with van der Waals surface area (Å²) in [5.41, 5.74) is 3.17. The number of hydrogen-bond acceptors (Lipinski definition) is 4. The third-order valence-corrected chi connectivity index (χ3v) is 4.71. The molecule has 2 aromatic carbocycles. The standard InChI is InChI=1S/C24H27N3O3/c1-27(2)17-20-12-7-6-11-19(20)16-25-23(28)21(15-18-9-4-3-5-10-18)26-24(29)22-13-8-14-30-22/h3-14,21H,15-17H2,1-2H3,(H,25,28)(H,26,29)/t21-/m0/s1. The van der Waals surface area contributed by atoms with E-state index in [9.17, 15) is 9.59 Å². The smallest absolute Gasteiger partial charge is 0.287 e. The molecular formula is C24H27N3O3. The molecule has 0 aliphatic rings. The largest absolute Gasteiger partial charge is 0.459 e. The van der Waals surface area contributed by atoms with Crippen LogP contribution in [0.3, 0.4) is 0 Å². The minimum absolute atomic E-state index is 0.178. The molecule has 0 saturated carbocycles. The molecule has 2 N–H and O–H groups in total. The van der Waals surface area contributed by atoms with E-state index in [0.29, 0.717) is 13.0 Å². The molecule has 0 aliphatic heterocycles. The summed E-state index contributed by atoms with van der Waals surface area (Å²) in [6, 6.07) is 20.1. The van der Waals surface area contributed by atoms with Gasteiger partial charge in [0.15, 0.2) is 5.76 Å². The van der Waals surface area contributed by atoms with Gasteiger partial charge in [-0.2, -0.15) is 0 Å². The molecule has 1 heterocycles. The van der Waals surface area contributed by atoms with Crippen LogP contribution in [-0.4, -0.2) is 36.9 Å². The summed E-state index contributed by atoms with van der Waals surface area (Å²) < 4.78 is 5.16. The van der Waals surface area contributed by atoms with Gasteiger partial charge in [-0.05, 0) is 42.9 Å². The molecule has 6 nitrogen and oxygen atoms in total. The third-order valence-electron chi connectivity index (χ3n) is 4.71. The molecule has 0 radical (unpaired) electrons. The van der Waals surface area contributed by atoms with Crippen LogP contribution in [0.25, 0.3) is 0 Å². The number of carbonyl (C=O) groups excluding carboxylic acids is 2. The summed E-state index contributed by atoms with van der Waals surface area (Å²) >= 11 is 0. The molecular weight excluding hydrogens is 378 g/mol. The number of hydrogen-bond donors (Lipinski definition) is 2. The Balaban J connectivity index is 1.71. The fraction of sp³-hybridized carbons (Fsp3) is 0.250. The Bertz CT molecular complexity index is 953. The normalized spacial score (nSPS) is 11.8. The van der Waals surface area contributed by atoms with Gasteiger partial charge < -0.3 is 20.0 Å². The zero-order valence-electron chi connectivity index (χ0n) is 17.3. The lowest BCUT2D eigenvalue weighted by molar-refractivity contribution is -0.123. The summed E-state index contributed by atoms with van der Waals surface area (Å²) in [5, 5.41) is 5.78. The maximum Gasteiger partial charge on any atom is 0.287 e. The van der Waals surface area contributed by atoms with Crippen LogP contribution in [0, 0.1) is 0 Å². The number of benzene rings is 2. The molecule has 0 fully saturated rings. The van der Waals surface area contributed by atoms with Crippen LogP contribution in [0.5, 0.6) is 0 Å². The lowest BCUT2D eigenvalue weighted by Gasteiger charge is -2.19. The van der Waals surface area contributed by atoms with Gasteiger partial charge >= 0.3 is 0 Å². The summed E-state index contributed by atoms with van der Waals surface area (Å²) in [4.78, 5) is 27.5. The van der Waals surface area contributed by atoms with Gasteiger partial charge in [-0.1, -0.05) is 54.6 Å². The first-order valence-electron chi connectivity index (χ1n) is 9.90. The summed E-state index contributed by atoms with van der Waals surface area (Å²) in [7, 11) is 4.02. The maximum atomic E-state index is 13.0. The van der Waals surface area contributed by atoms with Crippen LogP contribution in [0.4, 0.5) is 0 Å². The van der Waals surface area contributed by atoms with Crippen LogP contribution < -0.4 is 10.6 Å². The van der Waals surface area contributed by atoms with E-state index in [1.807, 2.05) is 62.6 Å². The van der Waals surface area contributed by atoms with E-state index < -0.39 is 11.9 Å². The molecule has 6 heteroatoms. The fourth-order valence-electron chi connectivity index (χ4n) is 3.23. The van der Waals surface area contributed by atoms with E-state index in [1.165, 1.54) is 6.26 Å². The van der Waals surface area contributed by atoms with Crippen molar-refractivity contribution >= 4 is 11.8 Å². The maximum absolute atomic E-state index is 13.0. The first-order valence-corrected chi connectivity index (χ1v) is 9.90. The van der Waals surface area contributed by atoms with Crippen molar-refractivity contribution in [3.05, 3.63) is 95.4 Å². The van der Waals surface area contributed by atoms with Crippen molar-refractivity contribution in [2.75, 3.05) is 14.1 Å². The monoisotopic (exact) mass is 405 g/mol. The molecule has 1 atom stereocenters. The van der Waals surface area contributed by atoms with E-state index in [-0.39, 0.29) is 11.7 Å². The van der Waals surface area contributed by atoms with Gasteiger partial charge in [0.1, 0.15) is 6.04 Å². The zero-order chi connectivity index (χ0) is 21.3. The number of rotatable bonds is 9. The highest BCUT2D eigenvalue weighted by Gasteiger charge is 2.23. The first kappa shape index (κ1) is 21.3. The second-order valence-corrected chi connectivity index (χ2v) is 7.42. The Labute approximate surface area is 176 Å². The second-order valence-electron chi connectivity index (χ2n) is 7.42. The molecule has 0 saturated heterocycles. The van der Waals surface area contributed by atoms with Gasteiger partial charge in [0.2, 0.25) is 5.91 Å². The highest BCUT2D eigenvalue weighted by molar-refractivity contribution is 5.95. The highest BCUT2D eigenvalue weighted by atomic mass is 16.3. The van der Waals surface area contributed by atoms with Gasteiger partial charge in [-0.25, -0.2) is 0 Å². The van der Waals surface area contributed by atoms with Gasteiger partial charge in [-0.15, -0.1) is 0 Å². The molecule has 2 amide bonds. The topological polar surface area (TPSA) is 74.6 Å². The molecule has 3 rings (SSSR count). The fourth-order valence-corrected chi connectivity index (χ4v) is 3.23. The van der Waals surface area contributed by atoms with Crippen molar-refractivity contribution in [3.8, 4) is 0 Å². The summed E-state index contributed by atoms with van der Waals surface area (Å²) in [6.45, 7) is 1.18. The molecule has 0 aliphatic carbocycles. The molecule has 0 spiro atoms. The third kappa shape index (κ3) is 6.06. The lowest BCUT2D eigenvalue weighted by Crippen LogP contribution is -2.47. The van der Waals surface area contributed by atoms with Crippen molar-refractivity contribution in [1.82, 2.24) is 15.5 Å². The Kier molecular flexibility index (Phi) is 7.40. The Hall–Kier alpha value is -3.38. The molecule has 3 aromatic rings. The molecule has 156 valence electrons. The van der Waals surface area contributed by atoms with E-state index in [4.69, 9.17) is 4.42 Å². The van der Waals surface area contributed by atoms with Crippen molar-refractivity contribution in [2.45, 2.75) is 25.6 Å². The van der Waals surface area contributed by atoms with Gasteiger partial charge in [0.05, 0.1) is 6.26 Å². The summed E-state index contributed by atoms with van der Waals surface area (Å²) in [6.07, 6.45) is 1.82. The minimum atomic E-state index is -0.717. The Morgan fingerprint density at radius 1 is 0.933 bits per heavy atom. The molecule has 30 heavy (non-hydrogen) atoms. The highest BCUT2D eigenvalue weighted by Crippen LogP contribution is 2.11. The van der Waals surface area contributed by atoms with Crippen LogP contribution in [0.1, 0.15) is 27.2 Å². The SMILES string of the molecule is CN(C)Cc1ccccc1CNC(=O)[C@H](Cc1ccccc1)NC(=O)c1ccco1. The van der Waals surface area contributed by atoms with Gasteiger partial charge in [0.25, 0.3) is 5.91 Å². The minimum Gasteiger partial charge on any atom is -0.459 e. The molecule has 0 unspecified atom stereocenters. The number of nitrogens with one attached hydrogen (secondary N) is 2. The number of furan rings is 1. The van der Waals surface area contributed by atoms with Crippen LogP contribution in [-0.2, 0) is 24.3 Å². The van der Waals surface area contributed by atoms with E-state index in [2.05, 4.69) is 21.6 Å². The first-order chi connectivity index (χ1) is 14.5. The van der Waals surface area contributed by atoms with Crippen molar-refractivity contribution < 1.29 is 14.0 Å². The van der Waals surface area contributed by atoms with E-state index in [0.717, 1.165) is 23.2 Å². The van der Waals surface area contributed by atoms with Crippen molar-refractivity contribution in [2.24, 2.45) is 0 Å². The zero-order valence-corrected chi connectivity index (χ0v) is 17.3. The van der Waals surface area contributed by atoms with Gasteiger partial charge in [-0.3, -0.25) is 9.59 Å². The number of carbonyl (C=O) groups is 2. The van der Waals surface area contributed by atoms with Crippen LogP contribution >= 0.6 is 0 Å². The summed E-state index contributed by atoms with van der Waals surface area (Å²) in [5.74, 6) is -0.473. The molecule has 0 bridgehead atoms. The van der Waals surface area contributed by atoms with Crippen molar-refractivity contribution in [1.29, 1.82) is 0 Å². The van der Waals surface area contributed by atoms with E-state index in [1.54, 1.807) is 12.1 Å². The van der Waals surface area contributed by atoms with Crippen LogP contribution in [0.15, 0.2) is 77.4 Å². The van der Waals surface area contributed by atoms with Crippen LogP contribution in [0.2, 0.25) is 0 Å². The lowest BCUT2D eigenvalue weighted by atomic mass is 10.0. The van der Waals surface area contributed by atoms with Crippen molar-refractivity contribution in [3.63, 3.8) is 0 Å². The Morgan fingerprint density at radius 3 is 2.30 bits per heavy atom. The average molecular weight is 405 g/mol. The van der Waals surface area contributed by atoms with E-state index >= 15 is 0 Å². The average Bonchev–Trinajstić information content (AvgIpc) is 3.28. The van der Waals surface area contributed by atoms with Gasteiger partial charge in [0, 0.05) is 19.5 Å². The Morgan fingerprint density at radius 2 is 1.63 bits per heavy atom. The predicted molar refractivity (Wildman–Crippen MR) is 116 cm³/mol. The molecule has 1 aromatic heterocycles. The number of amides is 2. The second kappa shape index (κ2) is 10.4. The quantitative estimate of drug-likeness (QED) is 0.574. The predicted octanol–water partition coefficient (Wildman–Crippen LogP) is 3.00.